The van der Waals surface area contributed by atoms with Crippen LogP contribution in [0.5, 0.6) is 0 Å². The molecule has 4 nitrogen and oxygen atoms in total. The molecular weight excluding hydrogens is 302 g/mol. The maximum absolute atomic E-state index is 10.3. The van der Waals surface area contributed by atoms with E-state index >= 15 is 0 Å². The van der Waals surface area contributed by atoms with Gasteiger partial charge in [-0.2, -0.15) is 0 Å². The second-order valence-electron chi connectivity index (χ2n) is 7.10. The molecule has 0 aromatic heterocycles. The lowest BCUT2D eigenvalue weighted by molar-refractivity contribution is -0.137. The Balaban J connectivity index is 0. The van der Waals surface area contributed by atoms with Crippen molar-refractivity contribution in [2.24, 2.45) is 5.73 Å². The van der Waals surface area contributed by atoms with Crippen LogP contribution in [0.15, 0.2) is 0 Å². The molecule has 4 heteroatoms. The third-order valence-corrected chi connectivity index (χ3v) is 4.21. The van der Waals surface area contributed by atoms with Crippen LogP contribution in [-0.4, -0.2) is 21.9 Å². The molecule has 4 N–H and O–H groups in total. The van der Waals surface area contributed by atoms with Crippen LogP contribution in [-0.2, 0) is 4.79 Å². The number of rotatable bonds is 15. The van der Waals surface area contributed by atoms with E-state index in [-0.39, 0.29) is 0 Å². The Kier molecular flexibility index (Phi) is 20.0. The van der Waals surface area contributed by atoms with E-state index in [0.717, 1.165) is 12.8 Å². The van der Waals surface area contributed by atoms with E-state index in [2.05, 4.69) is 6.92 Å². The maximum Gasteiger partial charge on any atom is 0.303 e. The number of aliphatic carboxylic acids is 1. The molecule has 0 fully saturated rings. The fourth-order valence-corrected chi connectivity index (χ4v) is 2.29. The summed E-state index contributed by atoms with van der Waals surface area (Å²) in [6.45, 7) is 5.67. The SMILES string of the molecule is CCC(C)(N)O.CCCCCCCCCCCCCCCC(=O)O. The fourth-order valence-electron chi connectivity index (χ4n) is 2.29. The van der Waals surface area contributed by atoms with Gasteiger partial charge in [-0.25, -0.2) is 0 Å². The molecule has 0 aromatic carbocycles. The van der Waals surface area contributed by atoms with Gasteiger partial charge >= 0.3 is 5.97 Å². The highest BCUT2D eigenvalue weighted by Gasteiger charge is 2.06. The molecule has 0 radical (unpaired) electrons. The van der Waals surface area contributed by atoms with E-state index in [4.69, 9.17) is 15.9 Å². The van der Waals surface area contributed by atoms with Crippen molar-refractivity contribution in [3.8, 4) is 0 Å². The first-order valence-electron chi connectivity index (χ1n) is 10.1. The fraction of sp³-hybridized carbons (Fsp3) is 0.950. The number of nitrogens with two attached hydrogens (primary N) is 1. The van der Waals surface area contributed by atoms with Crippen molar-refractivity contribution in [2.75, 3.05) is 0 Å². The van der Waals surface area contributed by atoms with E-state index in [1.165, 1.54) is 70.6 Å². The Morgan fingerprint density at radius 2 is 1.08 bits per heavy atom. The van der Waals surface area contributed by atoms with Gasteiger partial charge in [0.1, 0.15) is 5.72 Å². The Morgan fingerprint density at radius 1 is 0.792 bits per heavy atom. The van der Waals surface area contributed by atoms with Gasteiger partial charge in [0.25, 0.3) is 0 Å². The van der Waals surface area contributed by atoms with Crippen molar-refractivity contribution in [1.82, 2.24) is 0 Å². The average Bonchev–Trinajstić information content (AvgIpc) is 2.51. The lowest BCUT2D eigenvalue weighted by atomic mass is 10.0. The lowest BCUT2D eigenvalue weighted by Gasteiger charge is -2.11. The number of aliphatic hydroxyl groups is 1. The Hall–Kier alpha value is -0.610. The third kappa shape index (κ3) is 29.4. The van der Waals surface area contributed by atoms with Gasteiger partial charge in [0.05, 0.1) is 0 Å². The second kappa shape index (κ2) is 18.7. The molecule has 0 aliphatic heterocycles. The van der Waals surface area contributed by atoms with Crippen molar-refractivity contribution < 1.29 is 15.0 Å². The van der Waals surface area contributed by atoms with Crippen molar-refractivity contribution in [2.45, 2.75) is 123 Å². The normalized spacial score (nSPS) is 13.0. The predicted molar refractivity (Wildman–Crippen MR) is 103 cm³/mol. The van der Waals surface area contributed by atoms with E-state index < -0.39 is 11.7 Å². The molecule has 0 spiro atoms. The van der Waals surface area contributed by atoms with Gasteiger partial charge in [-0.3, -0.25) is 4.79 Å². The number of carboxylic acids is 1. The highest BCUT2D eigenvalue weighted by molar-refractivity contribution is 5.66. The van der Waals surface area contributed by atoms with E-state index in [9.17, 15) is 4.79 Å². The van der Waals surface area contributed by atoms with Crippen LogP contribution in [0, 0.1) is 0 Å². The number of carboxylic acid groups (broad SMARTS) is 1. The van der Waals surface area contributed by atoms with Crippen molar-refractivity contribution in [3.63, 3.8) is 0 Å². The van der Waals surface area contributed by atoms with E-state index in [0.29, 0.717) is 12.8 Å². The minimum absolute atomic E-state index is 0.345. The zero-order chi connectivity index (χ0) is 18.7. The molecule has 0 saturated carbocycles. The summed E-state index contributed by atoms with van der Waals surface area (Å²) in [6.07, 6.45) is 17.9. The lowest BCUT2D eigenvalue weighted by Crippen LogP contribution is -2.34. The molecule has 0 aromatic rings. The van der Waals surface area contributed by atoms with Gasteiger partial charge in [0, 0.05) is 6.42 Å². The molecule has 1 unspecified atom stereocenters. The summed E-state index contributed by atoms with van der Waals surface area (Å²) >= 11 is 0. The summed E-state index contributed by atoms with van der Waals surface area (Å²) in [5, 5.41) is 17.1. The van der Waals surface area contributed by atoms with E-state index in [1.54, 1.807) is 6.92 Å². The molecule has 0 saturated heterocycles. The first-order chi connectivity index (χ1) is 11.3. The van der Waals surface area contributed by atoms with Gasteiger partial charge in [0.15, 0.2) is 0 Å². The minimum atomic E-state index is -0.958. The van der Waals surface area contributed by atoms with Crippen molar-refractivity contribution >= 4 is 5.97 Å². The molecule has 0 aliphatic carbocycles. The van der Waals surface area contributed by atoms with Crippen LogP contribution in [0.2, 0.25) is 0 Å². The Labute approximate surface area is 150 Å². The van der Waals surface area contributed by atoms with Crippen LogP contribution in [0.25, 0.3) is 0 Å². The first-order valence-corrected chi connectivity index (χ1v) is 10.1. The Bertz CT molecular complexity index is 262. The summed E-state index contributed by atoms with van der Waals surface area (Å²) in [6, 6.07) is 0. The molecule has 0 bridgehead atoms. The van der Waals surface area contributed by atoms with Gasteiger partial charge in [0.2, 0.25) is 0 Å². The predicted octanol–water partition coefficient (Wildman–Crippen LogP) is 5.62. The van der Waals surface area contributed by atoms with Crippen LogP contribution >= 0.6 is 0 Å². The quantitative estimate of drug-likeness (QED) is 0.266. The van der Waals surface area contributed by atoms with Gasteiger partial charge in [-0.1, -0.05) is 90.9 Å². The second-order valence-corrected chi connectivity index (χ2v) is 7.10. The van der Waals surface area contributed by atoms with Crippen molar-refractivity contribution in [3.05, 3.63) is 0 Å². The van der Waals surface area contributed by atoms with Crippen molar-refractivity contribution in [1.29, 1.82) is 0 Å². The van der Waals surface area contributed by atoms with Gasteiger partial charge in [-0.15, -0.1) is 0 Å². The number of carbonyl (C=O) groups is 1. The molecule has 0 amide bonds. The minimum Gasteiger partial charge on any atom is -0.481 e. The highest BCUT2D eigenvalue weighted by atomic mass is 16.4. The van der Waals surface area contributed by atoms with E-state index in [1.807, 2.05) is 6.92 Å². The molecule has 0 rings (SSSR count). The zero-order valence-electron chi connectivity index (χ0n) is 16.5. The molecule has 0 heterocycles. The summed E-state index contributed by atoms with van der Waals surface area (Å²) in [7, 11) is 0. The molecule has 0 aliphatic rings. The monoisotopic (exact) mass is 345 g/mol. The van der Waals surface area contributed by atoms with Crippen LogP contribution in [0.4, 0.5) is 0 Å². The zero-order valence-corrected chi connectivity index (χ0v) is 16.5. The van der Waals surface area contributed by atoms with Gasteiger partial charge in [-0.05, 0) is 19.8 Å². The molecule has 1 atom stereocenters. The summed E-state index contributed by atoms with van der Waals surface area (Å²) in [4.78, 5) is 10.3. The first kappa shape index (κ1) is 25.6. The molecule has 146 valence electrons. The summed E-state index contributed by atoms with van der Waals surface area (Å²) < 4.78 is 0. The summed E-state index contributed by atoms with van der Waals surface area (Å²) in [5.74, 6) is -0.655. The molecular formula is C20H43NO3. The third-order valence-electron chi connectivity index (χ3n) is 4.21. The van der Waals surface area contributed by atoms with Crippen LogP contribution in [0.3, 0.4) is 0 Å². The number of hydrogen-bond donors (Lipinski definition) is 3. The highest BCUT2D eigenvalue weighted by Crippen LogP contribution is 2.12. The largest absolute Gasteiger partial charge is 0.481 e. The van der Waals surface area contributed by atoms with Crippen LogP contribution in [0.1, 0.15) is 117 Å². The number of unbranched alkanes of at least 4 members (excludes halogenated alkanes) is 12. The number of hydrogen-bond acceptors (Lipinski definition) is 3. The average molecular weight is 346 g/mol. The molecule has 24 heavy (non-hydrogen) atoms. The summed E-state index contributed by atoms with van der Waals surface area (Å²) in [5.41, 5.74) is 4.13. The van der Waals surface area contributed by atoms with Crippen LogP contribution < -0.4 is 5.73 Å². The maximum atomic E-state index is 10.3. The Morgan fingerprint density at radius 3 is 1.33 bits per heavy atom. The standard InChI is InChI=1S/C16H32O2.C4H11NO/c1-2-3-4-5-6-7-8-9-10-11-12-13-14-15-16(17)18;1-3-4(2,5)6/h2-15H2,1H3,(H,17,18);6H,3,5H2,1-2H3. The topological polar surface area (TPSA) is 83.5 Å². The smallest absolute Gasteiger partial charge is 0.303 e. The van der Waals surface area contributed by atoms with Gasteiger partial charge < -0.3 is 15.9 Å².